The molecule has 0 amide bonds. The molecule has 0 bridgehead atoms. The largest absolute Gasteiger partial charge is 0.468 e. The Kier molecular flexibility index (Phi) is 3.22. The highest BCUT2D eigenvalue weighted by molar-refractivity contribution is 6.00. The Hall–Kier alpha value is -1.32. The highest BCUT2D eigenvalue weighted by atomic mass is 16.5. The summed E-state index contributed by atoms with van der Waals surface area (Å²) in [4.78, 5) is 23.9. The zero-order chi connectivity index (χ0) is 12.5. The van der Waals surface area contributed by atoms with Crippen molar-refractivity contribution in [2.75, 3.05) is 14.2 Å². The molecule has 4 heteroatoms. The normalized spacial score (nSPS) is 25.8. The van der Waals surface area contributed by atoms with E-state index in [1.807, 2.05) is 0 Å². The van der Waals surface area contributed by atoms with E-state index in [9.17, 15) is 9.59 Å². The molecular weight excluding hydrogens is 220 g/mol. The Morgan fingerprint density at radius 1 is 1.24 bits per heavy atom. The van der Waals surface area contributed by atoms with E-state index >= 15 is 0 Å². The molecule has 0 aromatic carbocycles. The third-order valence-corrected chi connectivity index (χ3v) is 4.02. The Labute approximate surface area is 101 Å². The van der Waals surface area contributed by atoms with Gasteiger partial charge in [0.05, 0.1) is 14.2 Å². The summed E-state index contributed by atoms with van der Waals surface area (Å²) in [5, 5.41) is 0. The van der Waals surface area contributed by atoms with E-state index in [1.54, 1.807) is 0 Å². The van der Waals surface area contributed by atoms with Gasteiger partial charge in [-0.25, -0.2) is 0 Å². The van der Waals surface area contributed by atoms with Gasteiger partial charge in [0.2, 0.25) is 0 Å². The van der Waals surface area contributed by atoms with E-state index in [2.05, 4.69) is 6.08 Å². The quantitative estimate of drug-likeness (QED) is 0.418. The highest BCUT2D eigenvalue weighted by Crippen LogP contribution is 2.47. The van der Waals surface area contributed by atoms with Crippen molar-refractivity contribution in [1.82, 2.24) is 0 Å². The van der Waals surface area contributed by atoms with E-state index < -0.39 is 17.4 Å². The number of hydrogen-bond donors (Lipinski definition) is 0. The maximum atomic E-state index is 11.9. The fourth-order valence-corrected chi connectivity index (χ4v) is 3.05. The summed E-state index contributed by atoms with van der Waals surface area (Å²) in [5.74, 6) is -0.372. The number of rotatable bonds is 2. The molecular formula is C13H18O4. The second-order valence-electron chi connectivity index (χ2n) is 4.83. The smallest absolute Gasteiger partial charge is 0.323 e. The molecule has 0 spiro atoms. The Bertz CT molecular complexity index is 354. The third kappa shape index (κ3) is 1.85. The maximum Gasteiger partial charge on any atom is 0.323 e. The first-order valence-electron chi connectivity index (χ1n) is 6.00. The van der Waals surface area contributed by atoms with Crippen LogP contribution < -0.4 is 0 Å². The molecule has 0 aromatic rings. The fourth-order valence-electron chi connectivity index (χ4n) is 3.05. The monoisotopic (exact) mass is 238 g/mol. The molecule has 0 saturated heterocycles. The van der Waals surface area contributed by atoms with Crippen LogP contribution in [-0.4, -0.2) is 26.2 Å². The van der Waals surface area contributed by atoms with Crippen molar-refractivity contribution < 1.29 is 19.1 Å². The van der Waals surface area contributed by atoms with Crippen LogP contribution >= 0.6 is 0 Å². The molecule has 0 aliphatic heterocycles. The van der Waals surface area contributed by atoms with Crippen LogP contribution in [0.3, 0.4) is 0 Å². The lowest BCUT2D eigenvalue weighted by atomic mass is 9.68. The molecule has 4 nitrogen and oxygen atoms in total. The van der Waals surface area contributed by atoms with E-state index in [1.165, 1.54) is 19.8 Å². The second kappa shape index (κ2) is 4.51. The van der Waals surface area contributed by atoms with Crippen LogP contribution in [0.2, 0.25) is 0 Å². The number of carbonyl (C=O) groups is 2. The summed E-state index contributed by atoms with van der Waals surface area (Å²) < 4.78 is 9.60. The van der Waals surface area contributed by atoms with Crippen LogP contribution in [0.25, 0.3) is 0 Å². The number of ether oxygens (including phenoxy) is 2. The number of carbonyl (C=O) groups excluding carboxylic acids is 2. The van der Waals surface area contributed by atoms with Crippen LogP contribution in [0.15, 0.2) is 11.6 Å². The van der Waals surface area contributed by atoms with Gasteiger partial charge in [0.15, 0.2) is 5.41 Å². The summed E-state index contributed by atoms with van der Waals surface area (Å²) in [5.41, 5.74) is 0.128. The molecule has 2 rings (SSSR count). The van der Waals surface area contributed by atoms with Gasteiger partial charge in [-0.3, -0.25) is 9.59 Å². The molecule has 0 aromatic heterocycles. The van der Waals surface area contributed by atoms with Gasteiger partial charge in [0, 0.05) is 0 Å². The molecule has 0 radical (unpaired) electrons. The Morgan fingerprint density at radius 3 is 2.47 bits per heavy atom. The van der Waals surface area contributed by atoms with Gasteiger partial charge < -0.3 is 9.47 Å². The maximum absolute atomic E-state index is 11.9. The lowest BCUT2D eigenvalue weighted by Crippen LogP contribution is -2.44. The minimum absolute atomic E-state index is 0.462. The molecule has 0 heterocycles. The lowest BCUT2D eigenvalue weighted by molar-refractivity contribution is -0.171. The van der Waals surface area contributed by atoms with Gasteiger partial charge >= 0.3 is 11.9 Å². The van der Waals surface area contributed by atoms with E-state index in [0.717, 1.165) is 19.3 Å². The average molecular weight is 238 g/mol. The summed E-state index contributed by atoms with van der Waals surface area (Å²) in [6.45, 7) is 0. The first-order chi connectivity index (χ1) is 8.14. The standard InChI is InChI=1S/C13H18O4/c1-16-11(14)13(12(15)17-2)7-6-9-4-3-5-10(9)8-13/h5,9H,3-4,6-8H2,1-2H3. The lowest BCUT2D eigenvalue weighted by Gasteiger charge is -2.35. The van der Waals surface area contributed by atoms with Gasteiger partial charge in [0.25, 0.3) is 0 Å². The molecule has 0 N–H and O–H groups in total. The molecule has 1 atom stereocenters. The summed E-state index contributed by atoms with van der Waals surface area (Å²) in [6.07, 6.45) is 6.23. The van der Waals surface area contributed by atoms with Crippen molar-refractivity contribution in [1.29, 1.82) is 0 Å². The molecule has 94 valence electrons. The van der Waals surface area contributed by atoms with Crippen LogP contribution in [0.1, 0.15) is 32.1 Å². The molecule has 1 saturated carbocycles. The third-order valence-electron chi connectivity index (χ3n) is 4.02. The van der Waals surface area contributed by atoms with Gasteiger partial charge in [0.1, 0.15) is 0 Å². The zero-order valence-electron chi connectivity index (χ0n) is 10.3. The van der Waals surface area contributed by atoms with Gasteiger partial charge in [-0.15, -0.1) is 0 Å². The van der Waals surface area contributed by atoms with Crippen LogP contribution in [-0.2, 0) is 19.1 Å². The average Bonchev–Trinajstić information content (AvgIpc) is 2.83. The predicted molar refractivity (Wildman–Crippen MR) is 61.1 cm³/mol. The molecule has 2 aliphatic carbocycles. The topological polar surface area (TPSA) is 52.6 Å². The zero-order valence-corrected chi connectivity index (χ0v) is 10.3. The first kappa shape index (κ1) is 12.1. The minimum atomic E-state index is -1.10. The van der Waals surface area contributed by atoms with Crippen molar-refractivity contribution in [3.8, 4) is 0 Å². The van der Waals surface area contributed by atoms with Crippen LogP contribution in [0.5, 0.6) is 0 Å². The number of esters is 2. The summed E-state index contributed by atoms with van der Waals surface area (Å²) in [7, 11) is 2.64. The second-order valence-corrected chi connectivity index (χ2v) is 4.83. The van der Waals surface area contributed by atoms with Gasteiger partial charge in [-0.05, 0) is 38.0 Å². The van der Waals surface area contributed by atoms with Gasteiger partial charge in [-0.1, -0.05) is 11.6 Å². The SMILES string of the molecule is COC(=O)C1(C(=O)OC)CCC2CCC=C2C1. The van der Waals surface area contributed by atoms with Crippen LogP contribution in [0.4, 0.5) is 0 Å². The van der Waals surface area contributed by atoms with Crippen molar-refractivity contribution in [3.63, 3.8) is 0 Å². The number of allylic oxidation sites excluding steroid dienone is 2. The van der Waals surface area contributed by atoms with Crippen molar-refractivity contribution in [2.24, 2.45) is 11.3 Å². The highest BCUT2D eigenvalue weighted by Gasteiger charge is 2.52. The van der Waals surface area contributed by atoms with Crippen LogP contribution in [0, 0.1) is 11.3 Å². The number of methoxy groups -OCH3 is 2. The van der Waals surface area contributed by atoms with E-state index in [4.69, 9.17) is 9.47 Å². The molecule has 1 fully saturated rings. The summed E-state index contributed by atoms with van der Waals surface area (Å²) >= 11 is 0. The van der Waals surface area contributed by atoms with Gasteiger partial charge in [-0.2, -0.15) is 0 Å². The first-order valence-corrected chi connectivity index (χ1v) is 6.00. The summed E-state index contributed by atoms with van der Waals surface area (Å²) in [6, 6.07) is 0. The number of hydrogen-bond acceptors (Lipinski definition) is 4. The van der Waals surface area contributed by atoms with Crippen molar-refractivity contribution in [3.05, 3.63) is 11.6 Å². The molecule has 1 unspecified atom stereocenters. The van der Waals surface area contributed by atoms with Crippen molar-refractivity contribution in [2.45, 2.75) is 32.1 Å². The predicted octanol–water partition coefficient (Wildman–Crippen LogP) is 1.84. The molecule has 17 heavy (non-hydrogen) atoms. The molecule has 2 aliphatic rings. The van der Waals surface area contributed by atoms with Crippen molar-refractivity contribution >= 4 is 11.9 Å². The Morgan fingerprint density at radius 2 is 1.88 bits per heavy atom. The fraction of sp³-hybridized carbons (Fsp3) is 0.692. The number of fused-ring (bicyclic) bond motifs is 1. The Balaban J connectivity index is 2.29. The minimum Gasteiger partial charge on any atom is -0.468 e. The van der Waals surface area contributed by atoms with E-state index in [-0.39, 0.29) is 0 Å². The van der Waals surface area contributed by atoms with E-state index in [0.29, 0.717) is 18.8 Å².